The van der Waals surface area contributed by atoms with Gasteiger partial charge in [-0.15, -0.1) is 0 Å². The molecule has 0 saturated carbocycles. The van der Waals surface area contributed by atoms with Gasteiger partial charge >= 0.3 is 30.0 Å². The number of carbonyl (C=O) groups excluding carboxylic acids is 5. The van der Waals surface area contributed by atoms with E-state index in [1.165, 1.54) is 0 Å². The molecule has 2 amide bonds. The van der Waals surface area contributed by atoms with Gasteiger partial charge in [-0.3, -0.25) is 19.2 Å². The highest BCUT2D eigenvalue weighted by Crippen LogP contribution is 2.44. The van der Waals surface area contributed by atoms with Crippen LogP contribution in [0, 0.1) is 0 Å². The van der Waals surface area contributed by atoms with Gasteiger partial charge < -0.3 is 44.2 Å². The lowest BCUT2D eigenvalue weighted by molar-refractivity contribution is -0.278. The quantitative estimate of drug-likeness (QED) is 0.220. The van der Waals surface area contributed by atoms with Gasteiger partial charge in [0.2, 0.25) is 5.91 Å². The van der Waals surface area contributed by atoms with Crippen molar-refractivity contribution in [2.75, 3.05) is 19.8 Å². The number of rotatable bonds is 12. The maximum absolute atomic E-state index is 12.8. The molecule has 1 aliphatic heterocycles. The molecule has 0 radical (unpaired) electrons. The van der Waals surface area contributed by atoms with Crippen LogP contribution in [0.5, 0.6) is 0 Å². The van der Waals surface area contributed by atoms with Crippen LogP contribution in [-0.2, 0) is 52.4 Å². The van der Waals surface area contributed by atoms with Gasteiger partial charge in [-0.1, -0.05) is 48.5 Å². The van der Waals surface area contributed by atoms with Crippen LogP contribution in [0.3, 0.4) is 0 Å². The molecule has 15 nitrogen and oxygen atoms in total. The summed E-state index contributed by atoms with van der Waals surface area (Å²) in [6.07, 6.45) is -6.58. The van der Waals surface area contributed by atoms with Gasteiger partial charge in [-0.05, 0) is 22.3 Å². The van der Waals surface area contributed by atoms with Crippen molar-refractivity contribution < 1.29 is 62.3 Å². The third-order valence-corrected chi connectivity index (χ3v) is 7.43. The Balaban J connectivity index is 1.48. The van der Waals surface area contributed by atoms with Gasteiger partial charge in [-0.2, -0.15) is 0 Å². The van der Waals surface area contributed by atoms with E-state index in [1.807, 2.05) is 48.5 Å². The average Bonchev–Trinajstić information content (AvgIpc) is 3.32. The molecule has 1 heterocycles. The van der Waals surface area contributed by atoms with Crippen molar-refractivity contribution in [2.24, 2.45) is 0 Å². The maximum Gasteiger partial charge on any atom is 0.407 e. The van der Waals surface area contributed by atoms with Crippen molar-refractivity contribution in [3.8, 4) is 11.1 Å². The van der Waals surface area contributed by atoms with Crippen LogP contribution < -0.4 is 10.6 Å². The summed E-state index contributed by atoms with van der Waals surface area (Å²) >= 11 is 0. The minimum Gasteiger partial charge on any atom is -0.480 e. The van der Waals surface area contributed by atoms with E-state index in [4.69, 9.17) is 28.4 Å². The van der Waals surface area contributed by atoms with Crippen molar-refractivity contribution in [1.29, 1.82) is 0 Å². The van der Waals surface area contributed by atoms with Crippen molar-refractivity contribution in [3.05, 3.63) is 59.7 Å². The summed E-state index contributed by atoms with van der Waals surface area (Å²) in [6.45, 7) is 3.23. The first-order valence-electron chi connectivity index (χ1n) is 14.7. The molecule has 0 bridgehead atoms. The molecule has 1 saturated heterocycles. The normalized spacial score (nSPS) is 22.1. The molecule has 2 aromatic rings. The summed E-state index contributed by atoms with van der Waals surface area (Å²) in [6, 6.07) is 12.5. The zero-order chi connectivity index (χ0) is 34.2. The summed E-state index contributed by atoms with van der Waals surface area (Å²) in [5.41, 5.74) is 3.97. The minimum atomic E-state index is -1.66. The van der Waals surface area contributed by atoms with Gasteiger partial charge in [0.25, 0.3) is 0 Å². The summed E-state index contributed by atoms with van der Waals surface area (Å²) in [4.78, 5) is 72.6. The second-order valence-electron chi connectivity index (χ2n) is 10.9. The molecular weight excluding hydrogens is 620 g/mol. The highest BCUT2D eigenvalue weighted by Gasteiger charge is 2.51. The lowest BCUT2D eigenvalue weighted by Crippen LogP contribution is -2.67. The number of esters is 3. The number of ether oxygens (including phenoxy) is 6. The van der Waals surface area contributed by atoms with E-state index in [-0.39, 0.29) is 12.5 Å². The van der Waals surface area contributed by atoms with E-state index in [0.29, 0.717) is 0 Å². The molecule has 0 aromatic heterocycles. The molecule has 6 atom stereocenters. The Morgan fingerprint density at radius 3 is 1.89 bits per heavy atom. The van der Waals surface area contributed by atoms with Crippen molar-refractivity contribution >= 4 is 35.9 Å². The predicted molar refractivity (Wildman–Crippen MR) is 160 cm³/mol. The van der Waals surface area contributed by atoms with Gasteiger partial charge in [-0.25, -0.2) is 9.59 Å². The molecule has 0 unspecified atom stereocenters. The number of carboxylic acid groups (broad SMARTS) is 1. The molecule has 1 fully saturated rings. The average molecular weight is 657 g/mol. The van der Waals surface area contributed by atoms with E-state index in [9.17, 15) is 33.9 Å². The Hall–Kier alpha value is -5.02. The molecule has 2 aliphatic rings. The second kappa shape index (κ2) is 15.5. The van der Waals surface area contributed by atoms with Crippen LogP contribution in [0.1, 0.15) is 44.7 Å². The smallest absolute Gasteiger partial charge is 0.407 e. The summed E-state index contributed by atoms with van der Waals surface area (Å²) < 4.78 is 32.8. The Morgan fingerprint density at radius 2 is 1.36 bits per heavy atom. The topological polar surface area (TPSA) is 202 Å². The molecular formula is C32H36N2O13. The highest BCUT2D eigenvalue weighted by molar-refractivity contribution is 5.81. The fourth-order valence-corrected chi connectivity index (χ4v) is 5.58. The zero-order valence-electron chi connectivity index (χ0n) is 26.1. The Morgan fingerprint density at radius 1 is 0.787 bits per heavy atom. The van der Waals surface area contributed by atoms with Gasteiger partial charge in [0, 0.05) is 33.6 Å². The number of aliphatic carboxylic acids is 1. The monoisotopic (exact) mass is 656 g/mol. The fraction of sp³-hybridized carbons (Fsp3) is 0.438. The van der Waals surface area contributed by atoms with E-state index >= 15 is 0 Å². The first kappa shape index (κ1) is 34.8. The highest BCUT2D eigenvalue weighted by atomic mass is 16.7. The molecule has 1 aliphatic carbocycles. The van der Waals surface area contributed by atoms with Gasteiger partial charge in [0.05, 0.1) is 6.61 Å². The Bertz CT molecular complexity index is 1470. The summed E-state index contributed by atoms with van der Waals surface area (Å²) in [7, 11) is 0. The lowest BCUT2D eigenvalue weighted by atomic mass is 9.96. The standard InChI is InChI=1S/C32H36N2O13/c1-16(35)33-27-29(46-19(4)38)28(45-18(3)37)26(15-42-17(2)36)47-31(27)43-14-25(30(39)40)34-32(41)44-13-24-22-11-7-5-9-20(22)21-10-6-8-12-23(21)24/h5-12,24-29,31H,13-15H2,1-4H3,(H,33,35)(H,34,41)(H,39,40)/t25-,26-,27-,28-,29-,31-/m0/s1. The number of carboxylic acids is 1. The summed E-state index contributed by atoms with van der Waals surface area (Å²) in [5, 5.41) is 14.6. The Kier molecular flexibility index (Phi) is 11.5. The number of benzene rings is 2. The van der Waals surface area contributed by atoms with Crippen LogP contribution in [-0.4, -0.2) is 97.5 Å². The second-order valence-corrected chi connectivity index (χ2v) is 10.9. The molecule has 4 rings (SSSR count). The van der Waals surface area contributed by atoms with Crippen LogP contribution in [0.25, 0.3) is 11.1 Å². The molecule has 0 spiro atoms. The number of hydrogen-bond donors (Lipinski definition) is 3. The zero-order valence-corrected chi connectivity index (χ0v) is 26.1. The minimum absolute atomic E-state index is 0.0666. The largest absolute Gasteiger partial charge is 0.480 e. The number of hydrogen-bond acceptors (Lipinski definition) is 12. The molecule has 252 valence electrons. The lowest BCUT2D eigenvalue weighted by Gasteiger charge is -2.45. The predicted octanol–water partition coefficient (Wildman–Crippen LogP) is 1.65. The van der Waals surface area contributed by atoms with E-state index in [2.05, 4.69) is 10.6 Å². The number of fused-ring (bicyclic) bond motifs is 3. The fourth-order valence-electron chi connectivity index (χ4n) is 5.58. The van der Waals surface area contributed by atoms with Crippen LogP contribution in [0.4, 0.5) is 4.79 Å². The van der Waals surface area contributed by atoms with E-state index < -0.39 is 85.8 Å². The molecule has 2 aromatic carbocycles. The maximum atomic E-state index is 12.8. The summed E-state index contributed by atoms with van der Waals surface area (Å²) in [5.74, 6) is -4.65. The van der Waals surface area contributed by atoms with Crippen molar-refractivity contribution in [1.82, 2.24) is 10.6 Å². The molecule has 3 N–H and O–H groups in total. The SMILES string of the molecule is CC(=O)N[C@@H]1[C@@H](OC[C@H](NC(=O)OCC2c3ccccc3-c3ccccc32)C(=O)O)O[C@@H](COC(C)=O)[C@H](OC(C)=O)[C@H]1OC(C)=O. The van der Waals surface area contributed by atoms with E-state index in [0.717, 1.165) is 49.9 Å². The number of nitrogens with one attached hydrogen (secondary N) is 2. The van der Waals surface area contributed by atoms with Crippen LogP contribution >= 0.6 is 0 Å². The first-order chi connectivity index (χ1) is 22.3. The third kappa shape index (κ3) is 8.83. The number of alkyl carbamates (subject to hydrolysis) is 1. The van der Waals surface area contributed by atoms with Gasteiger partial charge in [0.15, 0.2) is 24.5 Å². The van der Waals surface area contributed by atoms with Crippen molar-refractivity contribution in [2.45, 2.75) is 70.3 Å². The molecule has 15 heteroatoms. The molecule has 47 heavy (non-hydrogen) atoms. The Labute approximate surface area is 269 Å². The third-order valence-electron chi connectivity index (χ3n) is 7.43. The van der Waals surface area contributed by atoms with E-state index in [1.54, 1.807) is 0 Å². The number of carbonyl (C=O) groups is 6. The first-order valence-corrected chi connectivity index (χ1v) is 14.7. The van der Waals surface area contributed by atoms with Crippen molar-refractivity contribution in [3.63, 3.8) is 0 Å². The van der Waals surface area contributed by atoms with Gasteiger partial charge in [0.1, 0.15) is 25.4 Å². The van der Waals surface area contributed by atoms with Crippen LogP contribution in [0.2, 0.25) is 0 Å². The number of amides is 2. The van der Waals surface area contributed by atoms with Crippen LogP contribution in [0.15, 0.2) is 48.5 Å².